The molecule has 0 atom stereocenters. The van der Waals surface area contributed by atoms with Crippen LogP contribution < -0.4 is 5.32 Å². The van der Waals surface area contributed by atoms with E-state index in [-0.39, 0.29) is 24.2 Å². The van der Waals surface area contributed by atoms with Gasteiger partial charge >= 0.3 is 0 Å². The number of carbonyl (C=O) groups excluding carboxylic acids is 2. The summed E-state index contributed by atoms with van der Waals surface area (Å²) >= 11 is 5.83. The van der Waals surface area contributed by atoms with Crippen LogP contribution in [0.2, 0.25) is 5.02 Å². The van der Waals surface area contributed by atoms with Crippen LogP contribution in [0, 0.1) is 0 Å². The zero-order chi connectivity index (χ0) is 16.7. The van der Waals surface area contributed by atoms with Crippen LogP contribution in [0.25, 0.3) is 0 Å². The normalized spacial score (nSPS) is 14.2. The first kappa shape index (κ1) is 20.7. The molecule has 134 valence electrons. The molecule has 1 aromatic rings. The summed E-state index contributed by atoms with van der Waals surface area (Å²) in [6.07, 6.45) is 0. The number of nitrogens with zero attached hydrogens (tertiary/aromatic N) is 2. The second-order valence-electron chi connectivity index (χ2n) is 5.35. The van der Waals surface area contributed by atoms with Crippen molar-refractivity contribution in [2.75, 3.05) is 53.0 Å². The van der Waals surface area contributed by atoms with Gasteiger partial charge in [-0.2, -0.15) is 0 Å². The average molecular weight is 376 g/mol. The molecular weight excluding hydrogens is 353 g/mol. The van der Waals surface area contributed by atoms with Crippen LogP contribution in [-0.2, 0) is 9.53 Å². The Bertz CT molecular complexity index is 532. The van der Waals surface area contributed by atoms with Gasteiger partial charge < -0.3 is 19.9 Å². The maximum absolute atomic E-state index is 12.4. The summed E-state index contributed by atoms with van der Waals surface area (Å²) in [6, 6.07) is 6.87. The van der Waals surface area contributed by atoms with Crippen molar-refractivity contribution in [3.63, 3.8) is 0 Å². The van der Waals surface area contributed by atoms with Crippen LogP contribution in [-0.4, -0.2) is 74.6 Å². The van der Waals surface area contributed by atoms with Crippen molar-refractivity contribution in [3.05, 3.63) is 34.9 Å². The third kappa shape index (κ3) is 5.94. The Balaban J connectivity index is 0.00000288. The van der Waals surface area contributed by atoms with E-state index in [2.05, 4.69) is 5.32 Å². The van der Waals surface area contributed by atoms with Gasteiger partial charge in [-0.05, 0) is 24.3 Å². The van der Waals surface area contributed by atoms with Gasteiger partial charge in [-0.1, -0.05) is 11.6 Å². The van der Waals surface area contributed by atoms with E-state index in [0.29, 0.717) is 56.5 Å². The van der Waals surface area contributed by atoms with Crippen molar-refractivity contribution in [1.82, 2.24) is 15.1 Å². The van der Waals surface area contributed by atoms with Gasteiger partial charge in [0.1, 0.15) is 0 Å². The second kappa shape index (κ2) is 10.5. The Labute approximate surface area is 153 Å². The molecule has 1 heterocycles. The predicted molar refractivity (Wildman–Crippen MR) is 95.9 cm³/mol. The molecule has 0 spiro atoms. The number of hydrogen-bond donors (Lipinski definition) is 1. The topological polar surface area (TPSA) is 61.9 Å². The molecule has 0 unspecified atom stereocenters. The number of nitrogens with one attached hydrogen (secondary N) is 1. The molecule has 1 N–H and O–H groups in total. The maximum atomic E-state index is 12.4. The van der Waals surface area contributed by atoms with Crippen molar-refractivity contribution in [2.45, 2.75) is 0 Å². The molecule has 1 aromatic carbocycles. The SMILES string of the molecule is COCCNCC(=O)N1CCN(C(=O)c2ccc(Cl)cc2)CC1.Cl. The standard InChI is InChI=1S/C16H22ClN3O3.ClH/c1-23-11-6-18-12-15(21)19-7-9-20(10-8-19)16(22)13-2-4-14(17)5-3-13;/h2-5,18H,6-12H2,1H3;1H. The molecule has 0 aromatic heterocycles. The summed E-state index contributed by atoms with van der Waals surface area (Å²) in [4.78, 5) is 28.0. The lowest BCUT2D eigenvalue weighted by molar-refractivity contribution is -0.131. The number of benzene rings is 1. The number of carbonyl (C=O) groups is 2. The number of methoxy groups -OCH3 is 1. The van der Waals surface area contributed by atoms with Crippen LogP contribution in [0.15, 0.2) is 24.3 Å². The van der Waals surface area contributed by atoms with Crippen LogP contribution >= 0.6 is 24.0 Å². The first-order valence-corrected chi connectivity index (χ1v) is 8.02. The Morgan fingerprint density at radius 1 is 1.12 bits per heavy atom. The zero-order valence-electron chi connectivity index (χ0n) is 13.7. The largest absolute Gasteiger partial charge is 0.383 e. The Hall–Kier alpha value is -1.34. The zero-order valence-corrected chi connectivity index (χ0v) is 15.2. The molecule has 6 nitrogen and oxygen atoms in total. The molecule has 2 amide bonds. The maximum Gasteiger partial charge on any atom is 0.253 e. The van der Waals surface area contributed by atoms with Gasteiger partial charge in [-0.15, -0.1) is 12.4 Å². The molecular formula is C16H23Cl2N3O3. The highest BCUT2D eigenvalue weighted by Crippen LogP contribution is 2.13. The number of halogens is 2. The van der Waals surface area contributed by atoms with E-state index < -0.39 is 0 Å². The first-order valence-electron chi connectivity index (χ1n) is 7.64. The Kier molecular flexibility index (Phi) is 9.07. The molecule has 1 aliphatic rings. The van der Waals surface area contributed by atoms with Gasteiger partial charge in [-0.25, -0.2) is 0 Å². The smallest absolute Gasteiger partial charge is 0.253 e. The van der Waals surface area contributed by atoms with E-state index >= 15 is 0 Å². The summed E-state index contributed by atoms with van der Waals surface area (Å²) in [5.74, 6) is 0.0340. The van der Waals surface area contributed by atoms with Gasteiger partial charge in [0.05, 0.1) is 13.2 Å². The van der Waals surface area contributed by atoms with E-state index in [4.69, 9.17) is 16.3 Å². The fraction of sp³-hybridized carbons (Fsp3) is 0.500. The molecule has 0 radical (unpaired) electrons. The molecule has 1 aliphatic heterocycles. The molecule has 1 fully saturated rings. The number of amides is 2. The highest BCUT2D eigenvalue weighted by Gasteiger charge is 2.24. The Morgan fingerprint density at radius 2 is 1.71 bits per heavy atom. The van der Waals surface area contributed by atoms with E-state index in [1.54, 1.807) is 41.2 Å². The van der Waals surface area contributed by atoms with E-state index in [0.717, 1.165) is 0 Å². The predicted octanol–water partition coefficient (Wildman–Crippen LogP) is 1.28. The molecule has 8 heteroatoms. The average Bonchev–Trinajstić information content (AvgIpc) is 2.59. The lowest BCUT2D eigenvalue weighted by atomic mass is 10.2. The van der Waals surface area contributed by atoms with Gasteiger partial charge in [0, 0.05) is 50.4 Å². The molecule has 1 saturated heterocycles. The lowest BCUT2D eigenvalue weighted by Crippen LogP contribution is -2.52. The first-order chi connectivity index (χ1) is 11.1. The van der Waals surface area contributed by atoms with Crippen LogP contribution in [0.1, 0.15) is 10.4 Å². The minimum atomic E-state index is -0.0213. The molecule has 24 heavy (non-hydrogen) atoms. The minimum absolute atomic E-state index is 0. The fourth-order valence-corrected chi connectivity index (χ4v) is 2.54. The van der Waals surface area contributed by atoms with Crippen molar-refractivity contribution in [3.8, 4) is 0 Å². The summed E-state index contributed by atoms with van der Waals surface area (Å²) < 4.78 is 4.92. The molecule has 0 aliphatic carbocycles. The lowest BCUT2D eigenvalue weighted by Gasteiger charge is -2.35. The van der Waals surface area contributed by atoms with Gasteiger partial charge in [0.2, 0.25) is 5.91 Å². The molecule has 0 bridgehead atoms. The highest BCUT2D eigenvalue weighted by molar-refractivity contribution is 6.30. The third-order valence-electron chi connectivity index (χ3n) is 3.77. The summed E-state index contributed by atoms with van der Waals surface area (Å²) in [7, 11) is 1.63. The quantitative estimate of drug-likeness (QED) is 0.760. The molecule has 0 saturated carbocycles. The second-order valence-corrected chi connectivity index (χ2v) is 5.79. The number of piperazine rings is 1. The summed E-state index contributed by atoms with van der Waals surface area (Å²) in [5.41, 5.74) is 0.621. The van der Waals surface area contributed by atoms with Crippen molar-refractivity contribution < 1.29 is 14.3 Å². The Morgan fingerprint density at radius 3 is 2.29 bits per heavy atom. The monoisotopic (exact) mass is 375 g/mol. The van der Waals surface area contributed by atoms with E-state index in [1.165, 1.54) is 0 Å². The highest BCUT2D eigenvalue weighted by atomic mass is 35.5. The van der Waals surface area contributed by atoms with Crippen LogP contribution in [0.3, 0.4) is 0 Å². The van der Waals surface area contributed by atoms with Gasteiger partial charge in [0.15, 0.2) is 0 Å². The summed E-state index contributed by atoms with van der Waals surface area (Å²) in [6.45, 7) is 3.74. The van der Waals surface area contributed by atoms with Crippen molar-refractivity contribution in [2.24, 2.45) is 0 Å². The van der Waals surface area contributed by atoms with Crippen LogP contribution in [0.5, 0.6) is 0 Å². The van der Waals surface area contributed by atoms with Crippen molar-refractivity contribution >= 4 is 35.8 Å². The summed E-state index contributed by atoms with van der Waals surface area (Å²) in [5, 5.41) is 3.65. The van der Waals surface area contributed by atoms with Gasteiger partial charge in [0.25, 0.3) is 5.91 Å². The van der Waals surface area contributed by atoms with E-state index in [1.807, 2.05) is 0 Å². The van der Waals surface area contributed by atoms with Gasteiger partial charge in [-0.3, -0.25) is 9.59 Å². The number of hydrogen-bond acceptors (Lipinski definition) is 4. The number of rotatable bonds is 6. The van der Waals surface area contributed by atoms with E-state index in [9.17, 15) is 9.59 Å². The number of ether oxygens (including phenoxy) is 1. The fourth-order valence-electron chi connectivity index (χ4n) is 2.42. The minimum Gasteiger partial charge on any atom is -0.383 e. The third-order valence-corrected chi connectivity index (χ3v) is 4.02. The van der Waals surface area contributed by atoms with Crippen LogP contribution in [0.4, 0.5) is 0 Å². The van der Waals surface area contributed by atoms with Crippen molar-refractivity contribution in [1.29, 1.82) is 0 Å². The molecule has 2 rings (SSSR count).